The third-order valence-corrected chi connectivity index (χ3v) is 3.30. The minimum Gasteiger partial charge on any atom is -0.395 e. The molecule has 0 radical (unpaired) electrons. The Labute approximate surface area is 102 Å². The van der Waals surface area contributed by atoms with Crippen LogP contribution in [-0.4, -0.2) is 53.1 Å². The standard InChI is InChI=1S/C12H21N3O2/c1-17-10-11-2-7-15(13-11)12-3-5-14(6-4-12)8-9-16/h2,7,12,16H,3-6,8-10H2,1H3. The van der Waals surface area contributed by atoms with Crippen LogP contribution in [0.15, 0.2) is 12.3 Å². The minimum atomic E-state index is 0.254. The SMILES string of the molecule is COCc1ccn(C2CCN(CCO)CC2)n1. The van der Waals surface area contributed by atoms with Crippen molar-refractivity contribution in [1.82, 2.24) is 14.7 Å². The number of aliphatic hydroxyl groups is 1. The summed E-state index contributed by atoms with van der Waals surface area (Å²) in [6, 6.07) is 2.51. The quantitative estimate of drug-likeness (QED) is 0.820. The summed E-state index contributed by atoms with van der Waals surface area (Å²) in [5.41, 5.74) is 0.991. The second kappa shape index (κ2) is 6.14. The van der Waals surface area contributed by atoms with E-state index in [0.717, 1.165) is 38.2 Å². The molecule has 0 atom stereocenters. The van der Waals surface area contributed by atoms with Gasteiger partial charge < -0.3 is 14.7 Å². The molecule has 1 fully saturated rings. The Bertz CT molecular complexity index is 332. The van der Waals surface area contributed by atoms with Crippen LogP contribution in [0, 0.1) is 0 Å². The Morgan fingerprint density at radius 2 is 2.24 bits per heavy atom. The van der Waals surface area contributed by atoms with Gasteiger partial charge in [0.25, 0.3) is 0 Å². The molecule has 2 heterocycles. The lowest BCUT2D eigenvalue weighted by atomic mass is 10.1. The van der Waals surface area contributed by atoms with E-state index in [0.29, 0.717) is 12.6 Å². The summed E-state index contributed by atoms with van der Waals surface area (Å²) in [6.45, 7) is 3.72. The van der Waals surface area contributed by atoms with Crippen molar-refractivity contribution in [3.8, 4) is 0 Å². The molecule has 0 unspecified atom stereocenters. The first kappa shape index (κ1) is 12.5. The molecule has 0 aromatic carbocycles. The van der Waals surface area contributed by atoms with Crippen molar-refractivity contribution < 1.29 is 9.84 Å². The van der Waals surface area contributed by atoms with E-state index in [1.165, 1.54) is 0 Å². The molecule has 5 nitrogen and oxygen atoms in total. The maximum atomic E-state index is 8.89. The van der Waals surface area contributed by atoms with Crippen LogP contribution in [0.5, 0.6) is 0 Å². The van der Waals surface area contributed by atoms with E-state index in [1.807, 2.05) is 12.3 Å². The van der Waals surface area contributed by atoms with Crippen molar-refractivity contribution in [2.24, 2.45) is 0 Å². The van der Waals surface area contributed by atoms with Gasteiger partial charge in [0.1, 0.15) is 0 Å². The summed E-state index contributed by atoms with van der Waals surface area (Å²) < 4.78 is 7.13. The second-order valence-corrected chi connectivity index (χ2v) is 4.52. The van der Waals surface area contributed by atoms with Crippen molar-refractivity contribution in [2.45, 2.75) is 25.5 Å². The van der Waals surface area contributed by atoms with Gasteiger partial charge >= 0.3 is 0 Å². The highest BCUT2D eigenvalue weighted by atomic mass is 16.5. The zero-order chi connectivity index (χ0) is 12.1. The van der Waals surface area contributed by atoms with E-state index in [-0.39, 0.29) is 6.61 Å². The average Bonchev–Trinajstić information content (AvgIpc) is 2.80. The molecule has 0 bridgehead atoms. The van der Waals surface area contributed by atoms with Crippen molar-refractivity contribution in [3.63, 3.8) is 0 Å². The Kier molecular flexibility index (Phi) is 4.53. The molecule has 1 N–H and O–H groups in total. The first-order chi connectivity index (χ1) is 8.33. The number of piperidine rings is 1. The van der Waals surface area contributed by atoms with Crippen LogP contribution in [0.2, 0.25) is 0 Å². The Morgan fingerprint density at radius 1 is 1.47 bits per heavy atom. The Hall–Kier alpha value is -0.910. The zero-order valence-corrected chi connectivity index (χ0v) is 10.4. The number of likely N-dealkylation sites (tertiary alicyclic amines) is 1. The predicted octanol–water partition coefficient (Wildman–Crippen LogP) is 0.659. The maximum Gasteiger partial charge on any atom is 0.0902 e. The highest BCUT2D eigenvalue weighted by Gasteiger charge is 2.20. The van der Waals surface area contributed by atoms with E-state index in [1.54, 1.807) is 7.11 Å². The average molecular weight is 239 g/mol. The topological polar surface area (TPSA) is 50.5 Å². The predicted molar refractivity (Wildman–Crippen MR) is 64.7 cm³/mol. The molecule has 0 saturated carbocycles. The van der Waals surface area contributed by atoms with Crippen LogP contribution in [0.4, 0.5) is 0 Å². The van der Waals surface area contributed by atoms with Crippen LogP contribution in [0.1, 0.15) is 24.6 Å². The monoisotopic (exact) mass is 239 g/mol. The molecule has 17 heavy (non-hydrogen) atoms. The number of β-amino-alcohol motifs (C(OH)–C–C–N with tert-alkyl or cyclic N) is 1. The Balaban J connectivity index is 1.86. The van der Waals surface area contributed by atoms with Crippen LogP contribution >= 0.6 is 0 Å². The highest BCUT2D eigenvalue weighted by Crippen LogP contribution is 2.21. The lowest BCUT2D eigenvalue weighted by molar-refractivity contribution is 0.144. The minimum absolute atomic E-state index is 0.254. The van der Waals surface area contributed by atoms with Crippen molar-refractivity contribution in [3.05, 3.63) is 18.0 Å². The Morgan fingerprint density at radius 3 is 2.88 bits per heavy atom. The van der Waals surface area contributed by atoms with Gasteiger partial charge in [0.15, 0.2) is 0 Å². The lowest BCUT2D eigenvalue weighted by Crippen LogP contribution is -2.36. The van der Waals surface area contributed by atoms with Gasteiger partial charge in [0.05, 0.1) is 24.9 Å². The second-order valence-electron chi connectivity index (χ2n) is 4.52. The van der Waals surface area contributed by atoms with Gasteiger partial charge in [-0.1, -0.05) is 0 Å². The summed E-state index contributed by atoms with van der Waals surface area (Å²) in [5.74, 6) is 0. The third-order valence-electron chi connectivity index (χ3n) is 3.30. The number of aliphatic hydroxyl groups excluding tert-OH is 1. The lowest BCUT2D eigenvalue weighted by Gasteiger charge is -2.31. The van der Waals surface area contributed by atoms with E-state index < -0.39 is 0 Å². The van der Waals surface area contributed by atoms with Gasteiger partial charge in [-0.25, -0.2) is 0 Å². The van der Waals surface area contributed by atoms with Crippen LogP contribution in [0.3, 0.4) is 0 Å². The number of methoxy groups -OCH3 is 1. The largest absolute Gasteiger partial charge is 0.395 e. The summed E-state index contributed by atoms with van der Waals surface area (Å²) in [4.78, 5) is 2.30. The van der Waals surface area contributed by atoms with Crippen LogP contribution in [0.25, 0.3) is 0 Å². The smallest absolute Gasteiger partial charge is 0.0902 e. The van der Waals surface area contributed by atoms with Crippen molar-refractivity contribution in [2.75, 3.05) is 33.4 Å². The number of hydrogen-bond donors (Lipinski definition) is 1. The molecular formula is C12H21N3O2. The molecule has 5 heteroatoms. The van der Waals surface area contributed by atoms with E-state index >= 15 is 0 Å². The van der Waals surface area contributed by atoms with Gasteiger partial charge in [-0.2, -0.15) is 5.10 Å². The van der Waals surface area contributed by atoms with Gasteiger partial charge in [-0.15, -0.1) is 0 Å². The van der Waals surface area contributed by atoms with Crippen LogP contribution in [-0.2, 0) is 11.3 Å². The first-order valence-electron chi connectivity index (χ1n) is 6.19. The number of rotatable bonds is 5. The fourth-order valence-corrected chi connectivity index (χ4v) is 2.35. The van der Waals surface area contributed by atoms with Crippen molar-refractivity contribution >= 4 is 0 Å². The summed E-state index contributed by atoms with van der Waals surface area (Å²) in [7, 11) is 1.69. The molecule has 1 aliphatic rings. The van der Waals surface area contributed by atoms with Gasteiger partial charge in [0.2, 0.25) is 0 Å². The third kappa shape index (κ3) is 3.28. The van der Waals surface area contributed by atoms with E-state index in [2.05, 4.69) is 14.7 Å². The molecule has 1 aromatic heterocycles. The number of hydrogen-bond acceptors (Lipinski definition) is 4. The normalized spacial score (nSPS) is 18.7. The van der Waals surface area contributed by atoms with Gasteiger partial charge in [-0.3, -0.25) is 4.68 Å². The summed E-state index contributed by atoms with van der Waals surface area (Å²) >= 11 is 0. The van der Waals surface area contributed by atoms with Gasteiger partial charge in [0, 0.05) is 32.9 Å². The van der Waals surface area contributed by atoms with Crippen LogP contribution < -0.4 is 0 Å². The molecule has 0 aliphatic carbocycles. The molecule has 1 aromatic rings. The number of ether oxygens (including phenoxy) is 1. The number of aromatic nitrogens is 2. The fourth-order valence-electron chi connectivity index (χ4n) is 2.35. The molecule has 1 saturated heterocycles. The van der Waals surface area contributed by atoms with E-state index in [4.69, 9.17) is 9.84 Å². The molecule has 0 amide bonds. The molecular weight excluding hydrogens is 218 g/mol. The molecule has 96 valence electrons. The number of nitrogens with zero attached hydrogens (tertiary/aromatic N) is 3. The first-order valence-corrected chi connectivity index (χ1v) is 6.19. The van der Waals surface area contributed by atoms with E-state index in [9.17, 15) is 0 Å². The molecule has 2 rings (SSSR count). The fraction of sp³-hybridized carbons (Fsp3) is 0.750. The van der Waals surface area contributed by atoms with Gasteiger partial charge in [-0.05, 0) is 18.9 Å². The summed E-state index contributed by atoms with van der Waals surface area (Å²) in [6.07, 6.45) is 4.25. The maximum absolute atomic E-state index is 8.89. The zero-order valence-electron chi connectivity index (χ0n) is 10.4. The van der Waals surface area contributed by atoms with Crippen molar-refractivity contribution in [1.29, 1.82) is 0 Å². The molecule has 0 spiro atoms. The highest BCUT2D eigenvalue weighted by molar-refractivity contribution is 4.98. The summed E-state index contributed by atoms with van der Waals surface area (Å²) in [5, 5.41) is 13.4. The molecule has 1 aliphatic heterocycles.